The van der Waals surface area contributed by atoms with Gasteiger partial charge in [0, 0.05) is 29.7 Å². The third-order valence-corrected chi connectivity index (χ3v) is 5.78. The molecular weight excluding hydrogens is 394 g/mol. The van der Waals surface area contributed by atoms with Gasteiger partial charge in [-0.15, -0.1) is 0 Å². The Morgan fingerprint density at radius 2 is 1.88 bits per heavy atom. The van der Waals surface area contributed by atoms with Crippen LogP contribution in [0, 0.1) is 5.92 Å². The minimum Gasteiger partial charge on any atom is -0.342 e. The third kappa shape index (κ3) is 3.38. The van der Waals surface area contributed by atoms with Crippen LogP contribution in [0.1, 0.15) is 29.9 Å². The smallest absolute Gasteiger partial charge is 0.230 e. The molecule has 1 aliphatic carbocycles. The summed E-state index contributed by atoms with van der Waals surface area (Å²) >= 11 is 3.33. The Hall–Kier alpha value is -2.21. The summed E-state index contributed by atoms with van der Waals surface area (Å²) in [4.78, 5) is 31.3. The molecule has 2 amide bonds. The van der Waals surface area contributed by atoms with Gasteiger partial charge in [0.2, 0.25) is 11.8 Å². The molecule has 2 aliphatic rings. The van der Waals surface area contributed by atoms with Gasteiger partial charge in [0.05, 0.1) is 5.92 Å². The van der Waals surface area contributed by atoms with E-state index in [-0.39, 0.29) is 23.7 Å². The number of aromatic nitrogens is 1. The van der Waals surface area contributed by atoms with Crippen LogP contribution in [0.15, 0.2) is 47.1 Å². The number of anilines is 1. The molecule has 1 fully saturated rings. The maximum atomic E-state index is 12.8. The third-order valence-electron chi connectivity index (χ3n) is 5.31. The van der Waals surface area contributed by atoms with Crippen molar-refractivity contribution in [2.75, 3.05) is 18.4 Å². The maximum Gasteiger partial charge on any atom is 0.230 e. The number of fused-ring (bicyclic) bond motifs is 1. The average Bonchev–Trinajstić information content (AvgIpc) is 2.64. The molecule has 4 rings (SSSR count). The van der Waals surface area contributed by atoms with Crippen LogP contribution in [-0.2, 0) is 16.0 Å². The fraction of sp³-hybridized carbons (Fsp3) is 0.350. The van der Waals surface area contributed by atoms with Gasteiger partial charge in [-0.25, -0.2) is 4.98 Å². The zero-order chi connectivity index (χ0) is 18.1. The highest BCUT2D eigenvalue weighted by Crippen LogP contribution is 2.37. The zero-order valence-electron chi connectivity index (χ0n) is 14.3. The Labute approximate surface area is 160 Å². The van der Waals surface area contributed by atoms with Crippen molar-refractivity contribution in [1.82, 2.24) is 9.88 Å². The van der Waals surface area contributed by atoms with Crippen molar-refractivity contribution in [3.8, 4) is 0 Å². The van der Waals surface area contributed by atoms with Crippen LogP contribution in [0.4, 0.5) is 5.82 Å². The lowest BCUT2D eigenvalue weighted by Crippen LogP contribution is -2.45. The number of pyridine rings is 1. The molecule has 1 atom stereocenters. The quantitative estimate of drug-likeness (QED) is 0.838. The number of amides is 2. The number of nitrogens with one attached hydrogen (secondary N) is 1. The molecule has 2 heterocycles. The van der Waals surface area contributed by atoms with E-state index in [9.17, 15) is 9.59 Å². The Morgan fingerprint density at radius 3 is 2.58 bits per heavy atom. The van der Waals surface area contributed by atoms with Gasteiger partial charge >= 0.3 is 0 Å². The summed E-state index contributed by atoms with van der Waals surface area (Å²) in [5.41, 5.74) is 2.45. The van der Waals surface area contributed by atoms with Crippen LogP contribution in [0.2, 0.25) is 0 Å². The Balaban J connectivity index is 1.31. The van der Waals surface area contributed by atoms with Gasteiger partial charge in [-0.3, -0.25) is 9.59 Å². The molecule has 1 N–H and O–H groups in total. The second kappa shape index (κ2) is 7.19. The van der Waals surface area contributed by atoms with E-state index in [2.05, 4.69) is 32.3 Å². The second-order valence-corrected chi connectivity index (χ2v) is 7.82. The predicted molar refractivity (Wildman–Crippen MR) is 103 cm³/mol. The molecular formula is C20H20BrN3O2. The standard InChI is InChI=1S/C20H20BrN3O2/c21-15-5-6-18(22-12-15)23-19(25)13-7-9-24(10-8-13)20(26)17-11-14-3-1-2-4-16(14)17/h1-6,12-13,17H,7-11H2,(H,22,23,25). The van der Waals surface area contributed by atoms with E-state index in [0.717, 1.165) is 10.9 Å². The van der Waals surface area contributed by atoms with Crippen LogP contribution in [0.25, 0.3) is 0 Å². The van der Waals surface area contributed by atoms with Crippen molar-refractivity contribution in [1.29, 1.82) is 0 Å². The molecule has 5 nitrogen and oxygen atoms in total. The van der Waals surface area contributed by atoms with E-state index in [1.807, 2.05) is 29.2 Å². The van der Waals surface area contributed by atoms with Crippen LogP contribution < -0.4 is 5.32 Å². The number of carbonyl (C=O) groups excluding carboxylic acids is 2. The molecule has 1 aliphatic heterocycles. The number of benzene rings is 1. The zero-order valence-corrected chi connectivity index (χ0v) is 15.9. The van der Waals surface area contributed by atoms with E-state index in [0.29, 0.717) is 31.7 Å². The second-order valence-electron chi connectivity index (χ2n) is 6.91. The first-order valence-corrected chi connectivity index (χ1v) is 9.70. The van der Waals surface area contributed by atoms with Crippen LogP contribution in [0.3, 0.4) is 0 Å². The fourth-order valence-electron chi connectivity index (χ4n) is 3.74. The minimum atomic E-state index is -0.0711. The molecule has 1 aromatic carbocycles. The van der Waals surface area contributed by atoms with Gasteiger partial charge in [-0.2, -0.15) is 0 Å². The summed E-state index contributed by atoms with van der Waals surface area (Å²) in [5.74, 6) is 0.683. The lowest BCUT2D eigenvalue weighted by Gasteiger charge is -2.37. The molecule has 0 bridgehead atoms. The van der Waals surface area contributed by atoms with E-state index in [4.69, 9.17) is 0 Å². The molecule has 1 aromatic heterocycles. The lowest BCUT2D eigenvalue weighted by atomic mass is 9.76. The highest BCUT2D eigenvalue weighted by atomic mass is 79.9. The van der Waals surface area contributed by atoms with Crippen molar-refractivity contribution < 1.29 is 9.59 Å². The fourth-order valence-corrected chi connectivity index (χ4v) is 3.97. The number of hydrogen-bond donors (Lipinski definition) is 1. The SMILES string of the molecule is O=C(Nc1ccc(Br)cn1)C1CCN(C(=O)C2Cc3ccccc32)CC1. The van der Waals surface area contributed by atoms with Crippen LogP contribution in [-0.4, -0.2) is 34.8 Å². The van der Waals surface area contributed by atoms with Crippen molar-refractivity contribution in [3.63, 3.8) is 0 Å². The number of carbonyl (C=O) groups is 2. The van der Waals surface area contributed by atoms with Crippen molar-refractivity contribution in [2.45, 2.75) is 25.2 Å². The number of halogens is 1. The summed E-state index contributed by atoms with van der Waals surface area (Å²) in [6.45, 7) is 1.28. The van der Waals surface area contributed by atoms with Gasteiger partial charge in [0.25, 0.3) is 0 Å². The molecule has 1 unspecified atom stereocenters. The summed E-state index contributed by atoms with van der Waals surface area (Å²) in [6.07, 6.45) is 3.89. The lowest BCUT2D eigenvalue weighted by molar-refractivity contribution is -0.136. The van der Waals surface area contributed by atoms with E-state index >= 15 is 0 Å². The highest BCUT2D eigenvalue weighted by Gasteiger charge is 2.36. The van der Waals surface area contributed by atoms with Gasteiger partial charge in [0.15, 0.2) is 0 Å². The monoisotopic (exact) mass is 413 g/mol. The predicted octanol–water partition coefficient (Wildman–Crippen LogP) is 3.36. The number of rotatable bonds is 3. The maximum absolute atomic E-state index is 12.8. The molecule has 134 valence electrons. The Morgan fingerprint density at radius 1 is 1.12 bits per heavy atom. The Kier molecular flexibility index (Phi) is 4.76. The van der Waals surface area contributed by atoms with Gasteiger partial charge in [0.1, 0.15) is 5.82 Å². The number of likely N-dealkylation sites (tertiary alicyclic amines) is 1. The van der Waals surface area contributed by atoms with Gasteiger partial charge in [-0.05, 0) is 58.5 Å². The summed E-state index contributed by atoms with van der Waals surface area (Å²) < 4.78 is 0.875. The first-order valence-electron chi connectivity index (χ1n) is 8.91. The van der Waals surface area contributed by atoms with Gasteiger partial charge in [-0.1, -0.05) is 24.3 Å². The first kappa shape index (κ1) is 17.2. The molecule has 0 radical (unpaired) electrons. The number of piperidine rings is 1. The molecule has 2 aromatic rings. The number of hydrogen-bond acceptors (Lipinski definition) is 3. The molecule has 0 spiro atoms. The molecule has 0 saturated carbocycles. The molecule has 6 heteroatoms. The highest BCUT2D eigenvalue weighted by molar-refractivity contribution is 9.10. The summed E-state index contributed by atoms with van der Waals surface area (Å²) in [7, 11) is 0. The van der Waals surface area contributed by atoms with Crippen molar-refractivity contribution in [2.24, 2.45) is 5.92 Å². The Bertz CT molecular complexity index is 829. The molecule has 1 saturated heterocycles. The van der Waals surface area contributed by atoms with Crippen molar-refractivity contribution >= 4 is 33.6 Å². The minimum absolute atomic E-state index is 0.00328. The topological polar surface area (TPSA) is 62.3 Å². The van der Waals surface area contributed by atoms with Crippen molar-refractivity contribution in [3.05, 3.63) is 58.2 Å². The molecule has 26 heavy (non-hydrogen) atoms. The normalized spacial score (nSPS) is 19.4. The van der Waals surface area contributed by atoms with E-state index < -0.39 is 0 Å². The number of nitrogens with zero attached hydrogens (tertiary/aromatic N) is 2. The average molecular weight is 414 g/mol. The van der Waals surface area contributed by atoms with Gasteiger partial charge < -0.3 is 10.2 Å². The summed E-state index contributed by atoms with van der Waals surface area (Å²) in [6, 6.07) is 11.8. The largest absolute Gasteiger partial charge is 0.342 e. The van der Waals surface area contributed by atoms with Crippen LogP contribution >= 0.6 is 15.9 Å². The summed E-state index contributed by atoms with van der Waals surface area (Å²) in [5, 5.41) is 2.87. The van der Waals surface area contributed by atoms with Crippen LogP contribution in [0.5, 0.6) is 0 Å². The van der Waals surface area contributed by atoms with E-state index in [1.165, 1.54) is 11.1 Å². The first-order chi connectivity index (χ1) is 12.6. The van der Waals surface area contributed by atoms with E-state index in [1.54, 1.807) is 12.3 Å².